The molecule has 1 aromatic rings. The van der Waals surface area contributed by atoms with E-state index in [1.165, 1.54) is 29.7 Å². The Morgan fingerprint density at radius 2 is 1.57 bits per heavy atom. The summed E-state index contributed by atoms with van der Waals surface area (Å²) in [7, 11) is 0. The van der Waals surface area contributed by atoms with E-state index in [9.17, 15) is 0 Å². The highest BCUT2D eigenvalue weighted by Gasteiger charge is 2.11. The second-order valence-corrected chi connectivity index (χ2v) is 7.01. The van der Waals surface area contributed by atoms with E-state index in [4.69, 9.17) is 5.73 Å². The fourth-order valence-corrected chi connectivity index (χ4v) is 2.58. The van der Waals surface area contributed by atoms with Crippen molar-refractivity contribution in [2.24, 2.45) is 17.6 Å². The van der Waals surface area contributed by atoms with Crippen molar-refractivity contribution in [3.63, 3.8) is 0 Å². The third-order valence-corrected chi connectivity index (χ3v) is 3.99. The molecular formula is C19H34N2. The van der Waals surface area contributed by atoms with Gasteiger partial charge in [0.25, 0.3) is 0 Å². The van der Waals surface area contributed by atoms with Crippen LogP contribution in [0.1, 0.15) is 51.7 Å². The summed E-state index contributed by atoms with van der Waals surface area (Å²) in [5, 5.41) is 0. The van der Waals surface area contributed by atoms with Crippen LogP contribution in [0.3, 0.4) is 0 Å². The molecule has 0 amide bonds. The summed E-state index contributed by atoms with van der Waals surface area (Å²) in [5.41, 5.74) is 9.80. The molecule has 1 aromatic carbocycles. The lowest BCUT2D eigenvalue weighted by Gasteiger charge is -2.28. The zero-order chi connectivity index (χ0) is 15.8. The molecule has 0 radical (unpaired) electrons. The molecule has 0 heterocycles. The predicted molar refractivity (Wildman–Crippen MR) is 95.1 cm³/mol. The first-order valence-electron chi connectivity index (χ1n) is 8.48. The molecule has 1 rings (SSSR count). The average molecular weight is 290 g/mol. The molecule has 0 aliphatic carbocycles. The van der Waals surface area contributed by atoms with Gasteiger partial charge in [-0.25, -0.2) is 0 Å². The van der Waals surface area contributed by atoms with Gasteiger partial charge in [-0.1, -0.05) is 39.8 Å². The van der Waals surface area contributed by atoms with Gasteiger partial charge in [-0.3, -0.25) is 0 Å². The molecular weight excluding hydrogens is 256 g/mol. The zero-order valence-corrected chi connectivity index (χ0v) is 14.7. The van der Waals surface area contributed by atoms with Crippen LogP contribution in [0, 0.1) is 18.8 Å². The van der Waals surface area contributed by atoms with Crippen LogP contribution in [0.2, 0.25) is 0 Å². The summed E-state index contributed by atoms with van der Waals surface area (Å²) in [4.78, 5) is 2.57. The van der Waals surface area contributed by atoms with E-state index in [0.29, 0.717) is 0 Å². The number of hydrogen-bond donors (Lipinski definition) is 1. The summed E-state index contributed by atoms with van der Waals surface area (Å²) in [6.07, 6.45) is 3.48. The average Bonchev–Trinajstić information content (AvgIpc) is 2.40. The minimum atomic E-state index is 0.725. The summed E-state index contributed by atoms with van der Waals surface area (Å²) in [6.45, 7) is 14.5. The van der Waals surface area contributed by atoms with Crippen LogP contribution in [-0.4, -0.2) is 19.6 Å². The standard InChI is InChI=1S/C19H34N2/c1-15(2)9-12-21(13-10-16(3)4)19-7-6-18(8-11-20)14-17(19)5/h6-7,14-16H,8-13,20H2,1-5H3. The van der Waals surface area contributed by atoms with Crippen LogP contribution in [0.4, 0.5) is 5.69 Å². The van der Waals surface area contributed by atoms with E-state index in [-0.39, 0.29) is 0 Å². The maximum absolute atomic E-state index is 5.66. The van der Waals surface area contributed by atoms with Crippen molar-refractivity contribution in [3.8, 4) is 0 Å². The molecule has 2 heteroatoms. The molecule has 0 spiro atoms. The Labute approximate surface area is 131 Å². The Morgan fingerprint density at radius 1 is 1.00 bits per heavy atom. The third kappa shape index (κ3) is 6.52. The topological polar surface area (TPSA) is 29.3 Å². The number of benzene rings is 1. The largest absolute Gasteiger partial charge is 0.371 e. The van der Waals surface area contributed by atoms with E-state index in [1.54, 1.807) is 0 Å². The normalized spacial score (nSPS) is 11.4. The van der Waals surface area contributed by atoms with E-state index in [1.807, 2.05) is 0 Å². The van der Waals surface area contributed by atoms with Gasteiger partial charge in [-0.15, -0.1) is 0 Å². The molecule has 21 heavy (non-hydrogen) atoms. The molecule has 0 aliphatic heterocycles. The molecule has 2 nitrogen and oxygen atoms in total. The zero-order valence-electron chi connectivity index (χ0n) is 14.7. The van der Waals surface area contributed by atoms with Gasteiger partial charge in [-0.05, 0) is 61.8 Å². The minimum Gasteiger partial charge on any atom is -0.371 e. The van der Waals surface area contributed by atoms with Crippen LogP contribution in [0.15, 0.2) is 18.2 Å². The Balaban J connectivity index is 2.84. The molecule has 0 bridgehead atoms. The summed E-state index contributed by atoms with van der Waals surface area (Å²) in [5.74, 6) is 1.51. The van der Waals surface area contributed by atoms with Crippen molar-refractivity contribution in [2.45, 2.75) is 53.9 Å². The van der Waals surface area contributed by atoms with Crippen LogP contribution in [0.5, 0.6) is 0 Å². The third-order valence-electron chi connectivity index (χ3n) is 3.99. The van der Waals surface area contributed by atoms with Gasteiger partial charge in [0.05, 0.1) is 0 Å². The Hall–Kier alpha value is -1.02. The molecule has 0 fully saturated rings. The highest BCUT2D eigenvalue weighted by Crippen LogP contribution is 2.23. The van der Waals surface area contributed by atoms with Gasteiger partial charge in [0.2, 0.25) is 0 Å². The Bertz CT molecular complexity index is 398. The molecule has 0 saturated carbocycles. The molecule has 0 unspecified atom stereocenters. The predicted octanol–water partition coefficient (Wildman–Crippen LogP) is 4.39. The maximum atomic E-state index is 5.66. The van der Waals surface area contributed by atoms with E-state index < -0.39 is 0 Å². The highest BCUT2D eigenvalue weighted by atomic mass is 15.1. The van der Waals surface area contributed by atoms with Gasteiger partial charge in [0, 0.05) is 18.8 Å². The first-order chi connectivity index (χ1) is 9.93. The fraction of sp³-hybridized carbons (Fsp3) is 0.684. The summed E-state index contributed by atoms with van der Waals surface area (Å²) >= 11 is 0. The second kappa shape index (κ2) is 9.09. The minimum absolute atomic E-state index is 0.725. The Kier molecular flexibility index (Phi) is 7.81. The molecule has 0 atom stereocenters. The van der Waals surface area contributed by atoms with E-state index in [0.717, 1.165) is 37.9 Å². The van der Waals surface area contributed by atoms with Gasteiger partial charge in [0.15, 0.2) is 0 Å². The van der Waals surface area contributed by atoms with Gasteiger partial charge in [0.1, 0.15) is 0 Å². The number of aryl methyl sites for hydroxylation is 1. The van der Waals surface area contributed by atoms with Crippen molar-refractivity contribution < 1.29 is 0 Å². The van der Waals surface area contributed by atoms with Crippen molar-refractivity contribution in [3.05, 3.63) is 29.3 Å². The lowest BCUT2D eigenvalue weighted by atomic mass is 10.0. The number of nitrogens with zero attached hydrogens (tertiary/aromatic N) is 1. The number of rotatable bonds is 9. The Morgan fingerprint density at radius 3 is 2.00 bits per heavy atom. The number of nitrogens with two attached hydrogens (primary N) is 1. The van der Waals surface area contributed by atoms with Gasteiger partial charge < -0.3 is 10.6 Å². The molecule has 2 N–H and O–H groups in total. The van der Waals surface area contributed by atoms with E-state index in [2.05, 4.69) is 57.7 Å². The van der Waals surface area contributed by atoms with Gasteiger partial charge >= 0.3 is 0 Å². The van der Waals surface area contributed by atoms with Crippen molar-refractivity contribution in [2.75, 3.05) is 24.5 Å². The second-order valence-electron chi connectivity index (χ2n) is 7.01. The first kappa shape index (κ1) is 18.0. The highest BCUT2D eigenvalue weighted by molar-refractivity contribution is 5.54. The molecule has 120 valence electrons. The number of hydrogen-bond acceptors (Lipinski definition) is 2. The smallest absolute Gasteiger partial charge is 0.0396 e. The van der Waals surface area contributed by atoms with Crippen LogP contribution in [0.25, 0.3) is 0 Å². The molecule has 0 aliphatic rings. The lowest BCUT2D eigenvalue weighted by Crippen LogP contribution is -2.28. The first-order valence-corrected chi connectivity index (χ1v) is 8.48. The monoisotopic (exact) mass is 290 g/mol. The van der Waals surface area contributed by atoms with E-state index >= 15 is 0 Å². The van der Waals surface area contributed by atoms with Crippen molar-refractivity contribution >= 4 is 5.69 Å². The quantitative estimate of drug-likeness (QED) is 0.730. The summed E-state index contributed by atoms with van der Waals surface area (Å²) in [6, 6.07) is 6.84. The lowest BCUT2D eigenvalue weighted by molar-refractivity contribution is 0.535. The molecule has 0 saturated heterocycles. The maximum Gasteiger partial charge on any atom is 0.0396 e. The fourth-order valence-electron chi connectivity index (χ4n) is 2.58. The van der Waals surface area contributed by atoms with Gasteiger partial charge in [-0.2, -0.15) is 0 Å². The summed E-state index contributed by atoms with van der Waals surface area (Å²) < 4.78 is 0. The van der Waals surface area contributed by atoms with Crippen LogP contribution >= 0.6 is 0 Å². The SMILES string of the molecule is Cc1cc(CCN)ccc1N(CCC(C)C)CCC(C)C. The number of anilines is 1. The van der Waals surface area contributed by atoms with Crippen molar-refractivity contribution in [1.29, 1.82) is 0 Å². The van der Waals surface area contributed by atoms with Crippen LogP contribution in [-0.2, 0) is 6.42 Å². The molecule has 0 aromatic heterocycles. The van der Waals surface area contributed by atoms with Crippen LogP contribution < -0.4 is 10.6 Å². The van der Waals surface area contributed by atoms with Crippen molar-refractivity contribution in [1.82, 2.24) is 0 Å².